The first-order valence-corrected chi connectivity index (χ1v) is 10.00. The summed E-state index contributed by atoms with van der Waals surface area (Å²) in [7, 11) is 7.55. The Morgan fingerprint density at radius 3 is 2.29 bits per heavy atom. The molecule has 0 amide bonds. The summed E-state index contributed by atoms with van der Waals surface area (Å²) in [4.78, 5) is 25.3. The van der Waals surface area contributed by atoms with Crippen molar-refractivity contribution in [3.05, 3.63) is 35.4 Å². The van der Waals surface area contributed by atoms with Gasteiger partial charge in [0.2, 0.25) is 11.9 Å². The van der Waals surface area contributed by atoms with Crippen molar-refractivity contribution < 1.29 is 4.79 Å². The van der Waals surface area contributed by atoms with Gasteiger partial charge in [0.15, 0.2) is 10.9 Å². The van der Waals surface area contributed by atoms with Crippen LogP contribution in [-0.4, -0.2) is 64.3 Å². The summed E-state index contributed by atoms with van der Waals surface area (Å²) in [6.45, 7) is 4.27. The van der Waals surface area contributed by atoms with Crippen LogP contribution in [-0.2, 0) is 0 Å². The van der Waals surface area contributed by atoms with E-state index in [4.69, 9.17) is 0 Å². The van der Waals surface area contributed by atoms with E-state index in [1.807, 2.05) is 62.3 Å². The van der Waals surface area contributed by atoms with Gasteiger partial charge in [-0.15, -0.1) is 10.2 Å². The Balaban J connectivity index is 1.83. The van der Waals surface area contributed by atoms with Crippen LogP contribution in [0.2, 0.25) is 0 Å². The number of carbonyl (C=O) groups is 1. The molecule has 8 nitrogen and oxygen atoms in total. The molecule has 0 saturated heterocycles. The second kappa shape index (κ2) is 8.14. The number of ketones is 1. The standard InChI is InChI=1S/C19H25N7OS/c1-12(2)13-7-9-14(10-8-13)15(27)11-28-19-23-22-17-20-16(24(3)4)21-18(25(5)6)26(17)19/h7-10,12H,11H2,1-6H3. The number of Topliss-reactive ketones (excluding diaryl/α,β-unsaturated/α-hetero) is 1. The van der Waals surface area contributed by atoms with Crippen LogP contribution in [0.4, 0.5) is 11.9 Å². The quantitative estimate of drug-likeness (QED) is 0.443. The highest BCUT2D eigenvalue weighted by Crippen LogP contribution is 2.24. The highest BCUT2D eigenvalue weighted by atomic mass is 32.2. The number of carbonyl (C=O) groups excluding carboxylic acids is 1. The van der Waals surface area contributed by atoms with Gasteiger partial charge in [0.05, 0.1) is 5.75 Å². The zero-order chi connectivity index (χ0) is 20.4. The number of hydrogen-bond donors (Lipinski definition) is 0. The topological polar surface area (TPSA) is 79.5 Å². The Morgan fingerprint density at radius 1 is 1.04 bits per heavy atom. The van der Waals surface area contributed by atoms with E-state index in [9.17, 15) is 4.79 Å². The molecule has 9 heteroatoms. The van der Waals surface area contributed by atoms with E-state index in [1.54, 1.807) is 4.40 Å². The average molecular weight is 400 g/mol. The van der Waals surface area contributed by atoms with Crippen molar-refractivity contribution in [3.63, 3.8) is 0 Å². The van der Waals surface area contributed by atoms with Gasteiger partial charge in [-0.25, -0.2) is 4.40 Å². The van der Waals surface area contributed by atoms with Crippen LogP contribution in [0.1, 0.15) is 35.7 Å². The molecule has 3 rings (SSSR count). The summed E-state index contributed by atoms with van der Waals surface area (Å²) < 4.78 is 1.77. The van der Waals surface area contributed by atoms with Gasteiger partial charge in [-0.3, -0.25) is 4.79 Å². The number of nitrogens with zero attached hydrogens (tertiary/aromatic N) is 7. The van der Waals surface area contributed by atoms with Crippen molar-refractivity contribution in [2.75, 3.05) is 43.7 Å². The number of hydrogen-bond acceptors (Lipinski definition) is 8. The first kappa shape index (κ1) is 20.1. The molecule has 0 spiro atoms. The van der Waals surface area contributed by atoms with E-state index < -0.39 is 0 Å². The van der Waals surface area contributed by atoms with Gasteiger partial charge in [0.1, 0.15) is 0 Å². The largest absolute Gasteiger partial charge is 0.348 e. The van der Waals surface area contributed by atoms with Gasteiger partial charge >= 0.3 is 0 Å². The second-order valence-corrected chi connectivity index (χ2v) is 8.16. The molecule has 0 saturated carbocycles. The first-order chi connectivity index (χ1) is 13.3. The van der Waals surface area contributed by atoms with E-state index in [0.29, 0.717) is 34.3 Å². The molecular weight excluding hydrogens is 374 g/mol. The van der Waals surface area contributed by atoms with Gasteiger partial charge in [-0.05, 0) is 11.5 Å². The monoisotopic (exact) mass is 399 g/mol. The van der Waals surface area contributed by atoms with Crippen molar-refractivity contribution in [1.29, 1.82) is 0 Å². The third-order valence-corrected chi connectivity index (χ3v) is 5.18. The first-order valence-electron chi connectivity index (χ1n) is 9.01. The summed E-state index contributed by atoms with van der Waals surface area (Å²) in [5, 5.41) is 8.97. The highest BCUT2D eigenvalue weighted by molar-refractivity contribution is 7.99. The average Bonchev–Trinajstić information content (AvgIpc) is 3.08. The third kappa shape index (κ3) is 4.09. The molecule has 2 aromatic heterocycles. The zero-order valence-corrected chi connectivity index (χ0v) is 17.9. The summed E-state index contributed by atoms with van der Waals surface area (Å²) in [6, 6.07) is 7.79. The number of aromatic nitrogens is 5. The normalized spacial score (nSPS) is 11.2. The Morgan fingerprint density at radius 2 is 1.71 bits per heavy atom. The van der Waals surface area contributed by atoms with Gasteiger partial charge in [0, 0.05) is 33.8 Å². The van der Waals surface area contributed by atoms with E-state index in [2.05, 4.69) is 34.0 Å². The minimum atomic E-state index is 0.0503. The fourth-order valence-corrected chi connectivity index (χ4v) is 3.44. The lowest BCUT2D eigenvalue weighted by atomic mass is 10.0. The lowest BCUT2D eigenvalue weighted by molar-refractivity contribution is 0.102. The maximum atomic E-state index is 12.6. The second-order valence-electron chi connectivity index (χ2n) is 7.22. The molecule has 3 aromatic rings. The Hall–Kier alpha value is -2.68. The van der Waals surface area contributed by atoms with E-state index in [1.165, 1.54) is 17.3 Å². The van der Waals surface area contributed by atoms with Gasteiger partial charge in [-0.2, -0.15) is 9.97 Å². The predicted octanol–water partition coefficient (Wildman–Crippen LogP) is 2.75. The molecule has 0 unspecified atom stereocenters. The van der Waals surface area contributed by atoms with Crippen LogP contribution in [0.5, 0.6) is 0 Å². The predicted molar refractivity (Wildman–Crippen MR) is 113 cm³/mol. The molecule has 0 radical (unpaired) electrons. The van der Waals surface area contributed by atoms with Crippen LogP contribution in [0.25, 0.3) is 5.78 Å². The Kier molecular flexibility index (Phi) is 5.83. The van der Waals surface area contributed by atoms with Crippen LogP contribution in [0.3, 0.4) is 0 Å². The fraction of sp³-hybridized carbons (Fsp3) is 0.421. The maximum absolute atomic E-state index is 12.6. The Labute approximate surface area is 169 Å². The number of fused-ring (bicyclic) bond motifs is 1. The molecule has 0 atom stereocenters. The molecule has 0 aliphatic carbocycles. The molecule has 0 fully saturated rings. The number of rotatable bonds is 7. The molecule has 0 bridgehead atoms. The lowest BCUT2D eigenvalue weighted by Crippen LogP contribution is -2.20. The molecule has 0 aliphatic rings. The number of thioether (sulfide) groups is 1. The number of anilines is 2. The van der Waals surface area contributed by atoms with Crippen molar-refractivity contribution in [1.82, 2.24) is 24.6 Å². The smallest absolute Gasteiger partial charge is 0.261 e. The summed E-state index contributed by atoms with van der Waals surface area (Å²) in [6.07, 6.45) is 0. The Bertz CT molecular complexity index is 980. The van der Waals surface area contributed by atoms with E-state index in [-0.39, 0.29) is 11.5 Å². The molecule has 0 aliphatic heterocycles. The molecule has 1 aromatic carbocycles. The fourth-order valence-electron chi connectivity index (χ4n) is 2.62. The maximum Gasteiger partial charge on any atom is 0.261 e. The van der Waals surface area contributed by atoms with Crippen molar-refractivity contribution >= 4 is 35.2 Å². The van der Waals surface area contributed by atoms with Gasteiger partial charge < -0.3 is 9.80 Å². The van der Waals surface area contributed by atoms with Crippen LogP contribution >= 0.6 is 11.8 Å². The molecule has 2 heterocycles. The third-order valence-electron chi connectivity index (χ3n) is 4.25. The van der Waals surface area contributed by atoms with Gasteiger partial charge in [-0.1, -0.05) is 49.9 Å². The summed E-state index contributed by atoms with van der Waals surface area (Å²) in [5.41, 5.74) is 1.92. The molecule has 28 heavy (non-hydrogen) atoms. The zero-order valence-electron chi connectivity index (χ0n) is 17.0. The van der Waals surface area contributed by atoms with Crippen molar-refractivity contribution in [3.8, 4) is 0 Å². The summed E-state index contributed by atoms with van der Waals surface area (Å²) >= 11 is 1.34. The van der Waals surface area contributed by atoms with Crippen LogP contribution < -0.4 is 9.80 Å². The SMILES string of the molecule is CC(C)c1ccc(C(=O)CSc2nnc3nc(N(C)C)nc(N(C)C)n23)cc1. The van der Waals surface area contributed by atoms with Crippen molar-refractivity contribution in [2.45, 2.75) is 24.9 Å². The number of benzene rings is 1. The molecular formula is C19H25N7OS. The van der Waals surface area contributed by atoms with Crippen molar-refractivity contribution in [2.24, 2.45) is 0 Å². The van der Waals surface area contributed by atoms with Gasteiger partial charge in [0.25, 0.3) is 5.78 Å². The van der Waals surface area contributed by atoms with E-state index in [0.717, 1.165) is 0 Å². The lowest BCUT2D eigenvalue weighted by Gasteiger charge is -2.17. The molecule has 0 N–H and O–H groups in total. The van der Waals surface area contributed by atoms with E-state index >= 15 is 0 Å². The van der Waals surface area contributed by atoms with Crippen LogP contribution in [0.15, 0.2) is 29.4 Å². The summed E-state index contributed by atoms with van der Waals surface area (Å²) in [5.74, 6) is 2.44. The minimum absolute atomic E-state index is 0.0503. The molecule has 148 valence electrons. The highest BCUT2D eigenvalue weighted by Gasteiger charge is 2.18. The minimum Gasteiger partial charge on any atom is -0.348 e. The van der Waals surface area contributed by atoms with Crippen LogP contribution in [0, 0.1) is 0 Å².